The van der Waals surface area contributed by atoms with E-state index in [1.165, 1.54) is 0 Å². The molecule has 0 aromatic heterocycles. The molecule has 0 saturated heterocycles. The van der Waals surface area contributed by atoms with E-state index in [-0.39, 0.29) is 6.04 Å². The van der Waals surface area contributed by atoms with Gasteiger partial charge >= 0.3 is 0 Å². The summed E-state index contributed by atoms with van der Waals surface area (Å²) in [7, 11) is 1.93. The normalized spacial score (nSPS) is 11.9. The fourth-order valence-corrected chi connectivity index (χ4v) is 1.97. The molecule has 0 aliphatic heterocycles. The molecule has 1 aromatic rings. The van der Waals surface area contributed by atoms with E-state index in [1.807, 2.05) is 19.2 Å². The van der Waals surface area contributed by atoms with Crippen molar-refractivity contribution in [1.82, 2.24) is 5.32 Å². The van der Waals surface area contributed by atoms with E-state index in [9.17, 15) is 0 Å². The highest BCUT2D eigenvalue weighted by Gasteiger charge is 2.10. The number of hydrogen-bond donors (Lipinski definition) is 1. The number of rotatable bonds is 7. The predicted molar refractivity (Wildman–Crippen MR) is 76.6 cm³/mol. The third-order valence-electron chi connectivity index (χ3n) is 2.82. The molecule has 0 bridgehead atoms. The molecule has 0 fully saturated rings. The molecule has 1 rings (SSSR count). The zero-order valence-corrected chi connectivity index (χ0v) is 12.5. The summed E-state index contributed by atoms with van der Waals surface area (Å²) < 4.78 is 6.82. The van der Waals surface area contributed by atoms with E-state index in [2.05, 4.69) is 40.3 Å². The lowest BCUT2D eigenvalue weighted by atomic mass is 10.1. The van der Waals surface area contributed by atoms with Gasteiger partial charge in [-0.25, -0.2) is 0 Å². The van der Waals surface area contributed by atoms with E-state index in [0.29, 0.717) is 13.0 Å². The molecule has 98 valence electrons. The van der Waals surface area contributed by atoms with Gasteiger partial charge in [0.05, 0.1) is 12.7 Å². The molecule has 0 heterocycles. The minimum Gasteiger partial charge on any atom is -0.493 e. The molecule has 18 heavy (non-hydrogen) atoms. The Morgan fingerprint density at radius 2 is 2.22 bits per heavy atom. The summed E-state index contributed by atoms with van der Waals surface area (Å²) in [5.41, 5.74) is 1.15. The van der Waals surface area contributed by atoms with Crippen LogP contribution < -0.4 is 10.1 Å². The molecule has 1 N–H and O–H groups in total. The summed E-state index contributed by atoms with van der Waals surface area (Å²) in [6.07, 6.45) is 2.40. The van der Waals surface area contributed by atoms with Crippen LogP contribution in [0, 0.1) is 11.3 Å². The predicted octanol–water partition coefficient (Wildman–Crippen LogP) is 3.80. The monoisotopic (exact) mass is 310 g/mol. The molecule has 0 amide bonds. The van der Waals surface area contributed by atoms with E-state index in [4.69, 9.17) is 10.00 Å². The van der Waals surface area contributed by atoms with Crippen molar-refractivity contribution in [1.29, 1.82) is 5.26 Å². The van der Waals surface area contributed by atoms with Crippen LogP contribution in [0.25, 0.3) is 0 Å². The maximum absolute atomic E-state index is 8.46. The quantitative estimate of drug-likeness (QED) is 0.779. The van der Waals surface area contributed by atoms with Crippen LogP contribution in [-0.2, 0) is 0 Å². The van der Waals surface area contributed by atoms with E-state index in [1.54, 1.807) is 0 Å². The summed E-state index contributed by atoms with van der Waals surface area (Å²) in [5, 5.41) is 11.7. The molecule has 0 aliphatic carbocycles. The van der Waals surface area contributed by atoms with Crippen molar-refractivity contribution in [2.24, 2.45) is 0 Å². The Balaban J connectivity index is 2.62. The topological polar surface area (TPSA) is 45.0 Å². The van der Waals surface area contributed by atoms with Gasteiger partial charge in [0.25, 0.3) is 0 Å². The van der Waals surface area contributed by atoms with Gasteiger partial charge in [0.15, 0.2) is 0 Å². The zero-order chi connectivity index (χ0) is 13.4. The van der Waals surface area contributed by atoms with Crippen LogP contribution in [0.5, 0.6) is 5.75 Å². The maximum atomic E-state index is 8.46. The van der Waals surface area contributed by atoms with Crippen molar-refractivity contribution in [2.45, 2.75) is 32.2 Å². The van der Waals surface area contributed by atoms with Crippen LogP contribution >= 0.6 is 15.9 Å². The van der Waals surface area contributed by atoms with Gasteiger partial charge in [0.1, 0.15) is 5.75 Å². The van der Waals surface area contributed by atoms with Gasteiger partial charge in [-0.2, -0.15) is 5.26 Å². The summed E-state index contributed by atoms with van der Waals surface area (Å²) >= 11 is 3.46. The number of hydrogen-bond acceptors (Lipinski definition) is 3. The Morgan fingerprint density at radius 1 is 1.44 bits per heavy atom. The second kappa shape index (κ2) is 8.12. The second-order valence-corrected chi connectivity index (χ2v) is 5.07. The van der Waals surface area contributed by atoms with Crippen LogP contribution in [0.2, 0.25) is 0 Å². The molecular weight excluding hydrogens is 292 g/mol. The molecule has 0 saturated carbocycles. The average Bonchev–Trinajstić information content (AvgIpc) is 2.38. The maximum Gasteiger partial charge on any atom is 0.125 e. The molecule has 0 spiro atoms. The van der Waals surface area contributed by atoms with Crippen LogP contribution in [0.4, 0.5) is 0 Å². The number of ether oxygens (including phenoxy) is 1. The Kier molecular flexibility index (Phi) is 6.77. The smallest absolute Gasteiger partial charge is 0.125 e. The Hall–Kier alpha value is -1.05. The van der Waals surface area contributed by atoms with Crippen LogP contribution in [0.1, 0.15) is 37.8 Å². The first-order valence-corrected chi connectivity index (χ1v) is 6.94. The summed E-state index contributed by atoms with van der Waals surface area (Å²) in [6.45, 7) is 2.76. The molecular formula is C14H19BrN2O. The molecule has 4 heteroatoms. The first-order valence-electron chi connectivity index (χ1n) is 6.15. The van der Waals surface area contributed by atoms with Crippen molar-refractivity contribution in [2.75, 3.05) is 13.7 Å². The third-order valence-corrected chi connectivity index (χ3v) is 3.31. The zero-order valence-electron chi connectivity index (χ0n) is 10.9. The minimum atomic E-state index is 0.257. The van der Waals surface area contributed by atoms with Gasteiger partial charge < -0.3 is 10.1 Å². The number of nitrogens with one attached hydrogen (secondary N) is 1. The van der Waals surface area contributed by atoms with Gasteiger partial charge in [-0.05, 0) is 38.9 Å². The molecule has 1 atom stereocenters. The van der Waals surface area contributed by atoms with Crippen molar-refractivity contribution in [3.05, 3.63) is 28.2 Å². The molecule has 3 nitrogen and oxygen atoms in total. The number of benzene rings is 1. The van der Waals surface area contributed by atoms with E-state index < -0.39 is 0 Å². The lowest BCUT2D eigenvalue weighted by Crippen LogP contribution is -2.14. The number of nitriles is 1. The van der Waals surface area contributed by atoms with Gasteiger partial charge in [0.2, 0.25) is 0 Å². The summed E-state index contributed by atoms with van der Waals surface area (Å²) in [4.78, 5) is 0. The van der Waals surface area contributed by atoms with Gasteiger partial charge in [-0.15, -0.1) is 0 Å². The summed E-state index contributed by atoms with van der Waals surface area (Å²) in [5.74, 6) is 0.906. The second-order valence-electron chi connectivity index (χ2n) is 4.16. The van der Waals surface area contributed by atoms with Crippen LogP contribution in [0.3, 0.4) is 0 Å². The molecule has 0 radical (unpaired) electrons. The first kappa shape index (κ1) is 15.0. The SMILES string of the molecule is CNC(C)c1ccc(Br)cc1OCCCCC#N. The largest absolute Gasteiger partial charge is 0.493 e. The minimum absolute atomic E-state index is 0.257. The Bertz CT molecular complexity index is 415. The first-order chi connectivity index (χ1) is 8.69. The van der Waals surface area contributed by atoms with Crippen molar-refractivity contribution >= 4 is 15.9 Å². The molecule has 1 aromatic carbocycles. The highest BCUT2D eigenvalue weighted by molar-refractivity contribution is 9.10. The summed E-state index contributed by atoms with van der Waals surface area (Å²) in [6, 6.07) is 8.48. The van der Waals surface area contributed by atoms with Gasteiger partial charge in [-0.3, -0.25) is 0 Å². The number of nitrogens with zero attached hydrogens (tertiary/aromatic N) is 1. The third kappa shape index (κ3) is 4.67. The lowest BCUT2D eigenvalue weighted by molar-refractivity contribution is 0.302. The average molecular weight is 311 g/mol. The Labute approximate surface area is 117 Å². The van der Waals surface area contributed by atoms with E-state index in [0.717, 1.165) is 28.6 Å². The lowest BCUT2D eigenvalue weighted by Gasteiger charge is -2.16. The highest BCUT2D eigenvalue weighted by atomic mass is 79.9. The van der Waals surface area contributed by atoms with Crippen molar-refractivity contribution in [3.63, 3.8) is 0 Å². The van der Waals surface area contributed by atoms with Crippen molar-refractivity contribution < 1.29 is 4.74 Å². The fourth-order valence-electron chi connectivity index (χ4n) is 1.63. The molecule has 0 aliphatic rings. The van der Waals surface area contributed by atoms with E-state index >= 15 is 0 Å². The Morgan fingerprint density at radius 3 is 2.89 bits per heavy atom. The molecule has 1 unspecified atom stereocenters. The van der Waals surface area contributed by atoms with Crippen LogP contribution in [-0.4, -0.2) is 13.7 Å². The van der Waals surface area contributed by atoms with Crippen molar-refractivity contribution in [3.8, 4) is 11.8 Å². The van der Waals surface area contributed by atoms with Crippen LogP contribution in [0.15, 0.2) is 22.7 Å². The van der Waals surface area contributed by atoms with Gasteiger partial charge in [-0.1, -0.05) is 22.0 Å². The standard InChI is InChI=1S/C14H19BrN2O/c1-11(17-2)13-7-6-12(15)10-14(13)18-9-5-3-4-8-16/h6-7,10-11,17H,3-5,9H2,1-2H3. The number of unbranched alkanes of at least 4 members (excludes halogenated alkanes) is 2. The number of halogens is 1. The van der Waals surface area contributed by atoms with Gasteiger partial charge in [0, 0.05) is 22.5 Å². The highest BCUT2D eigenvalue weighted by Crippen LogP contribution is 2.28. The fraction of sp³-hybridized carbons (Fsp3) is 0.500.